The second-order valence-electron chi connectivity index (χ2n) is 4.90. The average molecular weight is 347 g/mol. The van der Waals surface area contributed by atoms with Gasteiger partial charge in [-0.05, 0) is 41.5 Å². The van der Waals surface area contributed by atoms with Crippen LogP contribution in [0.1, 0.15) is 18.7 Å². The molecule has 0 bridgehead atoms. The van der Waals surface area contributed by atoms with E-state index in [0.717, 1.165) is 39.2 Å². The number of hydrogen-bond donors (Lipinski definition) is 1. The molecule has 0 saturated carbocycles. The summed E-state index contributed by atoms with van der Waals surface area (Å²) in [7, 11) is 0. The molecule has 3 nitrogen and oxygen atoms in total. The molecular weight excluding hydrogens is 324 g/mol. The summed E-state index contributed by atoms with van der Waals surface area (Å²) in [6, 6.07) is 2.62. The van der Waals surface area contributed by atoms with Crippen molar-refractivity contribution in [2.24, 2.45) is 0 Å². The van der Waals surface area contributed by atoms with Crippen molar-refractivity contribution < 1.29 is 4.74 Å². The fourth-order valence-electron chi connectivity index (χ4n) is 2.54. The summed E-state index contributed by atoms with van der Waals surface area (Å²) < 4.78 is 7.18. The molecule has 0 aliphatic carbocycles. The lowest BCUT2D eigenvalue weighted by molar-refractivity contribution is -0.0443. The largest absolute Gasteiger partial charge is 0.374 e. The molecule has 0 aromatic carbocycles. The Balaban J connectivity index is 1.98. The molecule has 1 N–H and O–H groups in total. The number of thiophene rings is 1. The predicted octanol–water partition coefficient (Wildman–Crippen LogP) is 2.75. The highest BCUT2D eigenvalue weighted by Crippen LogP contribution is 2.22. The van der Waals surface area contributed by atoms with Crippen LogP contribution < -0.4 is 5.32 Å². The quantitative estimate of drug-likeness (QED) is 0.856. The summed E-state index contributed by atoms with van der Waals surface area (Å²) in [6.45, 7) is 9.46. The Hall–Kier alpha value is 0.0600. The molecule has 2 heterocycles. The maximum absolute atomic E-state index is 5.99. The lowest BCUT2D eigenvalue weighted by Gasteiger charge is -2.36. The zero-order chi connectivity index (χ0) is 13.7. The number of hydrogen-bond acceptors (Lipinski definition) is 4. The van der Waals surface area contributed by atoms with Crippen molar-refractivity contribution in [3.05, 3.63) is 20.8 Å². The lowest BCUT2D eigenvalue weighted by Crippen LogP contribution is -2.52. The Bertz CT molecular complexity index is 385. The minimum atomic E-state index is 0.300. The highest BCUT2D eigenvalue weighted by Gasteiger charge is 2.27. The maximum atomic E-state index is 5.99. The monoisotopic (exact) mass is 346 g/mol. The minimum absolute atomic E-state index is 0.300. The molecule has 0 amide bonds. The van der Waals surface area contributed by atoms with Gasteiger partial charge in [0, 0.05) is 33.9 Å². The number of likely N-dealkylation sites (N-methyl/N-ethyl adjacent to an activating group) is 2. The van der Waals surface area contributed by atoms with E-state index in [1.165, 1.54) is 9.35 Å². The van der Waals surface area contributed by atoms with Gasteiger partial charge in [0.2, 0.25) is 0 Å². The van der Waals surface area contributed by atoms with E-state index in [1.807, 2.05) is 11.3 Å². The van der Waals surface area contributed by atoms with E-state index in [-0.39, 0.29) is 0 Å². The molecule has 1 fully saturated rings. The third-order valence-electron chi connectivity index (χ3n) is 3.58. The number of ether oxygens (including phenoxy) is 1. The molecule has 1 aromatic heterocycles. The number of halogens is 1. The van der Waals surface area contributed by atoms with Crippen LogP contribution in [0.15, 0.2) is 15.9 Å². The van der Waals surface area contributed by atoms with Crippen molar-refractivity contribution >= 4 is 27.3 Å². The van der Waals surface area contributed by atoms with Crippen LogP contribution in [-0.4, -0.2) is 49.8 Å². The Kier molecular flexibility index (Phi) is 6.29. The third kappa shape index (κ3) is 4.53. The van der Waals surface area contributed by atoms with Crippen molar-refractivity contribution in [1.82, 2.24) is 10.2 Å². The topological polar surface area (TPSA) is 24.5 Å². The Morgan fingerprint density at radius 3 is 3.05 bits per heavy atom. The van der Waals surface area contributed by atoms with Gasteiger partial charge in [0.25, 0.3) is 0 Å². The highest BCUT2D eigenvalue weighted by atomic mass is 79.9. The molecule has 108 valence electrons. The highest BCUT2D eigenvalue weighted by molar-refractivity contribution is 9.10. The number of nitrogens with one attached hydrogen (secondary N) is 1. The van der Waals surface area contributed by atoms with E-state index < -0.39 is 0 Å². The second-order valence-corrected chi connectivity index (χ2v) is 6.81. The van der Waals surface area contributed by atoms with Crippen molar-refractivity contribution in [2.75, 3.05) is 32.8 Å². The standard InChI is InChI=1S/C14H23BrN2OS/c1-3-16-13(8-12-7-11(15)10-19-12)14-9-17(4-2)5-6-18-14/h7,10,13-14,16H,3-6,8-9H2,1-2H3. The zero-order valence-corrected chi connectivity index (χ0v) is 14.1. The summed E-state index contributed by atoms with van der Waals surface area (Å²) in [6.07, 6.45) is 1.35. The van der Waals surface area contributed by atoms with Crippen LogP contribution in [0.25, 0.3) is 0 Å². The molecule has 1 aliphatic heterocycles. The van der Waals surface area contributed by atoms with Crippen molar-refractivity contribution in [1.29, 1.82) is 0 Å². The average Bonchev–Trinajstić information content (AvgIpc) is 2.84. The van der Waals surface area contributed by atoms with E-state index in [2.05, 4.69) is 51.4 Å². The second kappa shape index (κ2) is 7.74. The van der Waals surface area contributed by atoms with Crippen LogP contribution in [0.4, 0.5) is 0 Å². The first-order chi connectivity index (χ1) is 9.22. The Morgan fingerprint density at radius 2 is 2.42 bits per heavy atom. The van der Waals surface area contributed by atoms with Crippen LogP contribution in [0, 0.1) is 0 Å². The van der Waals surface area contributed by atoms with E-state index in [9.17, 15) is 0 Å². The number of morpholine rings is 1. The van der Waals surface area contributed by atoms with Gasteiger partial charge >= 0.3 is 0 Å². The first-order valence-electron chi connectivity index (χ1n) is 7.03. The number of nitrogens with zero attached hydrogens (tertiary/aromatic N) is 1. The summed E-state index contributed by atoms with van der Waals surface area (Å²) in [5.41, 5.74) is 0. The minimum Gasteiger partial charge on any atom is -0.374 e. The van der Waals surface area contributed by atoms with E-state index in [1.54, 1.807) is 0 Å². The van der Waals surface area contributed by atoms with Gasteiger partial charge in [0.15, 0.2) is 0 Å². The van der Waals surface area contributed by atoms with Crippen LogP contribution >= 0.6 is 27.3 Å². The zero-order valence-electron chi connectivity index (χ0n) is 11.7. The molecular formula is C14H23BrN2OS. The van der Waals surface area contributed by atoms with Crippen molar-refractivity contribution in [3.63, 3.8) is 0 Å². The van der Waals surface area contributed by atoms with Gasteiger partial charge < -0.3 is 10.1 Å². The first kappa shape index (κ1) is 15.4. The Morgan fingerprint density at radius 1 is 1.58 bits per heavy atom. The molecule has 2 unspecified atom stereocenters. The van der Waals surface area contributed by atoms with Crippen LogP contribution in [0.3, 0.4) is 0 Å². The molecule has 2 atom stereocenters. The van der Waals surface area contributed by atoms with Gasteiger partial charge in [0.05, 0.1) is 12.7 Å². The molecule has 1 aromatic rings. The summed E-state index contributed by atoms with van der Waals surface area (Å²) in [4.78, 5) is 3.89. The molecule has 0 spiro atoms. The molecule has 0 radical (unpaired) electrons. The Labute approximate surface area is 128 Å². The van der Waals surface area contributed by atoms with Gasteiger partial charge in [-0.2, -0.15) is 0 Å². The first-order valence-corrected chi connectivity index (χ1v) is 8.70. The number of rotatable bonds is 6. The van der Waals surface area contributed by atoms with Gasteiger partial charge in [-0.15, -0.1) is 11.3 Å². The maximum Gasteiger partial charge on any atom is 0.0858 e. The molecule has 1 aliphatic rings. The summed E-state index contributed by atoms with van der Waals surface area (Å²) >= 11 is 5.35. The van der Waals surface area contributed by atoms with Crippen LogP contribution in [-0.2, 0) is 11.2 Å². The summed E-state index contributed by atoms with van der Waals surface area (Å²) in [5.74, 6) is 0. The third-order valence-corrected chi connectivity index (χ3v) is 5.30. The summed E-state index contributed by atoms with van der Waals surface area (Å²) in [5, 5.41) is 5.75. The lowest BCUT2D eigenvalue weighted by atomic mass is 10.0. The van der Waals surface area contributed by atoms with Gasteiger partial charge in [-0.1, -0.05) is 13.8 Å². The SMILES string of the molecule is CCNC(Cc1cc(Br)cs1)C1CN(CC)CCO1. The van der Waals surface area contributed by atoms with Crippen molar-refractivity contribution in [3.8, 4) is 0 Å². The van der Waals surface area contributed by atoms with Gasteiger partial charge in [-0.3, -0.25) is 4.90 Å². The molecule has 5 heteroatoms. The van der Waals surface area contributed by atoms with Gasteiger partial charge in [0.1, 0.15) is 0 Å². The van der Waals surface area contributed by atoms with Gasteiger partial charge in [-0.25, -0.2) is 0 Å². The molecule has 19 heavy (non-hydrogen) atoms. The predicted molar refractivity (Wildman–Crippen MR) is 85.0 cm³/mol. The van der Waals surface area contributed by atoms with E-state index in [4.69, 9.17) is 4.74 Å². The fraction of sp³-hybridized carbons (Fsp3) is 0.714. The van der Waals surface area contributed by atoms with E-state index >= 15 is 0 Å². The normalized spacial score (nSPS) is 22.6. The van der Waals surface area contributed by atoms with Crippen LogP contribution in [0.2, 0.25) is 0 Å². The van der Waals surface area contributed by atoms with E-state index in [0.29, 0.717) is 12.1 Å². The van der Waals surface area contributed by atoms with Crippen LogP contribution in [0.5, 0.6) is 0 Å². The fourth-order valence-corrected chi connectivity index (χ4v) is 4.05. The molecule has 2 rings (SSSR count). The van der Waals surface area contributed by atoms with Crippen molar-refractivity contribution in [2.45, 2.75) is 32.4 Å². The molecule has 1 saturated heterocycles. The smallest absolute Gasteiger partial charge is 0.0858 e.